The van der Waals surface area contributed by atoms with E-state index in [4.69, 9.17) is 0 Å². The van der Waals surface area contributed by atoms with Crippen molar-refractivity contribution < 1.29 is 14.3 Å². The number of benzene rings is 1. The summed E-state index contributed by atoms with van der Waals surface area (Å²) in [4.78, 5) is 13.4. The number of carboxylic acid groups (broad SMARTS) is 1. The summed E-state index contributed by atoms with van der Waals surface area (Å²) in [5.74, 6) is -1.19. The normalized spacial score (nSPS) is 18.8. The fraction of sp³-hybridized carbons (Fsp3) is 0.381. The SMILES string of the molecule is Cn1cccc1C(=CCCN1CCCC(C(=O)O)C1)c1ccc(F)cc1. The predicted molar refractivity (Wildman–Crippen MR) is 100 cm³/mol. The number of hydrogen-bond acceptors (Lipinski definition) is 2. The number of piperidine rings is 1. The van der Waals surface area contributed by atoms with Gasteiger partial charge < -0.3 is 14.6 Å². The van der Waals surface area contributed by atoms with Crippen molar-refractivity contribution in [2.45, 2.75) is 19.3 Å². The molecule has 0 aliphatic carbocycles. The van der Waals surface area contributed by atoms with Gasteiger partial charge in [-0.2, -0.15) is 0 Å². The van der Waals surface area contributed by atoms with E-state index in [-0.39, 0.29) is 11.7 Å². The van der Waals surface area contributed by atoms with Crippen LogP contribution in [0.15, 0.2) is 48.7 Å². The molecule has 0 spiro atoms. The second-order valence-electron chi connectivity index (χ2n) is 6.90. The van der Waals surface area contributed by atoms with Gasteiger partial charge in [-0.05, 0) is 55.6 Å². The minimum atomic E-state index is -0.693. The molecule has 2 heterocycles. The van der Waals surface area contributed by atoms with E-state index in [1.807, 2.05) is 19.3 Å². The number of aromatic nitrogens is 1. The van der Waals surface area contributed by atoms with Crippen LogP contribution in [-0.2, 0) is 11.8 Å². The van der Waals surface area contributed by atoms with Crippen molar-refractivity contribution in [1.29, 1.82) is 0 Å². The number of likely N-dealkylation sites (tertiary alicyclic amines) is 1. The van der Waals surface area contributed by atoms with Crippen molar-refractivity contribution in [2.24, 2.45) is 13.0 Å². The van der Waals surface area contributed by atoms with E-state index in [1.54, 1.807) is 12.1 Å². The van der Waals surface area contributed by atoms with Crippen molar-refractivity contribution in [1.82, 2.24) is 9.47 Å². The van der Waals surface area contributed by atoms with E-state index in [0.29, 0.717) is 6.54 Å². The Morgan fingerprint density at radius 2 is 2.08 bits per heavy atom. The summed E-state index contributed by atoms with van der Waals surface area (Å²) in [7, 11) is 1.99. The van der Waals surface area contributed by atoms with Crippen LogP contribution in [0, 0.1) is 11.7 Å². The molecular weight excluding hydrogens is 331 g/mol. The van der Waals surface area contributed by atoms with Crippen LogP contribution >= 0.6 is 0 Å². The van der Waals surface area contributed by atoms with Gasteiger partial charge in [-0.3, -0.25) is 4.79 Å². The highest BCUT2D eigenvalue weighted by Crippen LogP contribution is 2.25. The lowest BCUT2D eigenvalue weighted by Crippen LogP contribution is -2.39. The largest absolute Gasteiger partial charge is 0.481 e. The number of carbonyl (C=O) groups is 1. The Balaban J connectivity index is 1.74. The zero-order valence-corrected chi connectivity index (χ0v) is 15.1. The third-order valence-corrected chi connectivity index (χ3v) is 5.02. The van der Waals surface area contributed by atoms with Gasteiger partial charge in [0.1, 0.15) is 5.82 Å². The summed E-state index contributed by atoms with van der Waals surface area (Å²) in [6.07, 6.45) is 6.70. The molecular formula is C21H25FN2O2. The minimum absolute atomic E-state index is 0.243. The van der Waals surface area contributed by atoms with Gasteiger partial charge in [0.15, 0.2) is 0 Å². The molecule has 1 aliphatic heterocycles. The second-order valence-corrected chi connectivity index (χ2v) is 6.90. The molecule has 0 bridgehead atoms. The molecule has 1 fully saturated rings. The van der Waals surface area contributed by atoms with Crippen LogP contribution in [0.2, 0.25) is 0 Å². The monoisotopic (exact) mass is 356 g/mol. The summed E-state index contributed by atoms with van der Waals surface area (Å²) < 4.78 is 15.3. The summed E-state index contributed by atoms with van der Waals surface area (Å²) in [6.45, 7) is 2.41. The fourth-order valence-corrected chi connectivity index (χ4v) is 3.59. The molecule has 1 aromatic heterocycles. The topological polar surface area (TPSA) is 45.5 Å². The molecule has 5 heteroatoms. The standard InChI is InChI=1S/C21H25FN2O2/c1-23-12-4-7-20(23)19(16-8-10-18(22)11-9-16)6-3-14-24-13-2-5-17(15-24)21(25)26/h4,6-12,17H,2-3,5,13-15H2,1H3,(H,25,26). The number of nitrogens with zero attached hydrogens (tertiary/aromatic N) is 2. The first-order valence-electron chi connectivity index (χ1n) is 9.07. The van der Waals surface area contributed by atoms with Crippen LogP contribution in [0.4, 0.5) is 4.39 Å². The van der Waals surface area contributed by atoms with Crippen molar-refractivity contribution in [3.8, 4) is 0 Å². The highest BCUT2D eigenvalue weighted by atomic mass is 19.1. The Morgan fingerprint density at radius 1 is 1.31 bits per heavy atom. The first-order valence-corrected chi connectivity index (χ1v) is 9.07. The van der Waals surface area contributed by atoms with Gasteiger partial charge in [0.05, 0.1) is 5.92 Å². The molecule has 0 saturated carbocycles. The maximum Gasteiger partial charge on any atom is 0.307 e. The Hall–Kier alpha value is -2.40. The first kappa shape index (κ1) is 18.4. The molecule has 138 valence electrons. The molecule has 1 aliphatic rings. The average molecular weight is 356 g/mol. The maximum absolute atomic E-state index is 13.3. The molecule has 3 rings (SSSR count). The number of carboxylic acids is 1. The Bertz CT molecular complexity index is 780. The fourth-order valence-electron chi connectivity index (χ4n) is 3.59. The molecule has 1 unspecified atom stereocenters. The van der Waals surface area contributed by atoms with E-state index >= 15 is 0 Å². The minimum Gasteiger partial charge on any atom is -0.481 e. The van der Waals surface area contributed by atoms with Gasteiger partial charge in [0.2, 0.25) is 0 Å². The Morgan fingerprint density at radius 3 is 2.73 bits per heavy atom. The quantitative estimate of drug-likeness (QED) is 0.857. The molecule has 1 atom stereocenters. The highest BCUT2D eigenvalue weighted by Gasteiger charge is 2.24. The Labute approximate surface area is 153 Å². The number of halogens is 1. The first-order chi connectivity index (χ1) is 12.5. The maximum atomic E-state index is 13.3. The molecule has 4 nitrogen and oxygen atoms in total. The third-order valence-electron chi connectivity index (χ3n) is 5.02. The third kappa shape index (κ3) is 4.41. The summed E-state index contributed by atoms with van der Waals surface area (Å²) in [5.41, 5.74) is 3.14. The van der Waals surface area contributed by atoms with E-state index < -0.39 is 5.97 Å². The Kier molecular flexibility index (Phi) is 5.89. The summed E-state index contributed by atoms with van der Waals surface area (Å²) in [6, 6.07) is 10.6. The van der Waals surface area contributed by atoms with Crippen molar-refractivity contribution >= 4 is 11.5 Å². The lowest BCUT2D eigenvalue weighted by atomic mass is 9.97. The number of aryl methyl sites for hydroxylation is 1. The predicted octanol–water partition coefficient (Wildman–Crippen LogP) is 3.78. The van der Waals surface area contributed by atoms with Crippen LogP contribution in [0.3, 0.4) is 0 Å². The lowest BCUT2D eigenvalue weighted by molar-refractivity contribution is -0.143. The smallest absolute Gasteiger partial charge is 0.307 e. The molecule has 1 aromatic carbocycles. The van der Waals surface area contributed by atoms with E-state index in [1.165, 1.54) is 12.1 Å². The number of hydrogen-bond donors (Lipinski definition) is 1. The van der Waals surface area contributed by atoms with Gasteiger partial charge in [0.25, 0.3) is 0 Å². The summed E-state index contributed by atoms with van der Waals surface area (Å²) in [5, 5.41) is 9.22. The van der Waals surface area contributed by atoms with Gasteiger partial charge in [-0.15, -0.1) is 0 Å². The molecule has 0 amide bonds. The molecule has 26 heavy (non-hydrogen) atoms. The van der Waals surface area contributed by atoms with Crippen molar-refractivity contribution in [3.05, 3.63) is 65.7 Å². The number of aliphatic carboxylic acids is 1. The van der Waals surface area contributed by atoms with Crippen LogP contribution in [0.25, 0.3) is 5.57 Å². The van der Waals surface area contributed by atoms with Crippen molar-refractivity contribution in [3.63, 3.8) is 0 Å². The zero-order valence-electron chi connectivity index (χ0n) is 15.1. The van der Waals surface area contributed by atoms with Gasteiger partial charge >= 0.3 is 5.97 Å². The van der Waals surface area contributed by atoms with Crippen LogP contribution in [0.1, 0.15) is 30.5 Å². The van der Waals surface area contributed by atoms with Gasteiger partial charge in [0, 0.05) is 37.6 Å². The van der Waals surface area contributed by atoms with E-state index in [0.717, 1.165) is 49.2 Å². The van der Waals surface area contributed by atoms with Crippen molar-refractivity contribution in [2.75, 3.05) is 19.6 Å². The molecule has 1 N–H and O–H groups in total. The molecule has 0 radical (unpaired) electrons. The van der Waals surface area contributed by atoms with Gasteiger partial charge in [-0.25, -0.2) is 4.39 Å². The lowest BCUT2D eigenvalue weighted by Gasteiger charge is -2.30. The average Bonchev–Trinajstić information content (AvgIpc) is 3.06. The van der Waals surface area contributed by atoms with Crippen LogP contribution < -0.4 is 0 Å². The van der Waals surface area contributed by atoms with E-state index in [2.05, 4.69) is 21.6 Å². The number of rotatable bonds is 6. The highest BCUT2D eigenvalue weighted by molar-refractivity contribution is 5.78. The molecule has 1 saturated heterocycles. The zero-order chi connectivity index (χ0) is 18.5. The second kappa shape index (κ2) is 8.32. The van der Waals surface area contributed by atoms with Gasteiger partial charge in [-0.1, -0.05) is 18.2 Å². The van der Waals surface area contributed by atoms with Crippen LogP contribution in [-0.4, -0.2) is 40.2 Å². The summed E-state index contributed by atoms with van der Waals surface area (Å²) >= 11 is 0. The molecule has 2 aromatic rings. The van der Waals surface area contributed by atoms with Crippen LogP contribution in [0.5, 0.6) is 0 Å². The van der Waals surface area contributed by atoms with E-state index in [9.17, 15) is 14.3 Å².